The van der Waals surface area contributed by atoms with Gasteiger partial charge in [0.2, 0.25) is 0 Å². The van der Waals surface area contributed by atoms with Gasteiger partial charge in [0, 0.05) is 0 Å². The van der Waals surface area contributed by atoms with Crippen LogP contribution in [-0.2, 0) is 0 Å². The van der Waals surface area contributed by atoms with Gasteiger partial charge in [-0.25, -0.2) is 0 Å². The Morgan fingerprint density at radius 1 is 0.688 bits per heavy atom. The Hall–Kier alpha value is 0.370. The predicted octanol–water partition coefficient (Wildman–Crippen LogP) is 3.43. The number of alkyl halides is 9. The Kier molecular flexibility index (Phi) is 4.67. The average Bonchev–Trinajstić information content (AvgIpc) is 2.01. The van der Waals surface area contributed by atoms with Crippen LogP contribution >= 0.6 is 0 Å². The summed E-state index contributed by atoms with van der Waals surface area (Å²) in [6.07, 6.45) is -8.41. The van der Waals surface area contributed by atoms with Crippen LogP contribution in [0.5, 0.6) is 0 Å². The summed E-state index contributed by atoms with van der Waals surface area (Å²) < 4.78 is 108. The first-order chi connectivity index (χ1) is 6.81. The molecule has 0 N–H and O–H groups in total. The monoisotopic (exact) mass is 270 g/mol. The van der Waals surface area contributed by atoms with E-state index < -0.39 is 34.0 Å². The van der Waals surface area contributed by atoms with Crippen LogP contribution in [0.2, 0.25) is 3.67 Å². The second kappa shape index (κ2) is 4.56. The molecule has 0 unspecified atom stereocenters. The van der Waals surface area contributed by atoms with Gasteiger partial charge < -0.3 is 0 Å². The summed E-state index contributed by atoms with van der Waals surface area (Å²) in [5, 5.41) is 0. The van der Waals surface area contributed by atoms with Crippen molar-refractivity contribution in [2.75, 3.05) is 0 Å². The van der Waals surface area contributed by atoms with E-state index in [1.807, 2.05) is 0 Å². The van der Waals surface area contributed by atoms with Gasteiger partial charge in [0.05, 0.1) is 0 Å². The summed E-state index contributed by atoms with van der Waals surface area (Å²) in [5.41, 5.74) is 0. The SMILES string of the molecule is FC(F)(F)C(F)(F)C(F)(F)C(F)(F)C[CH2][Na]. The van der Waals surface area contributed by atoms with Crippen LogP contribution in [0.25, 0.3) is 0 Å². The standard InChI is InChI=1S/C6H4F9.Na/c1-2-3(7,8)4(9,10)5(11,12)6(13,14)15;/h1-2H2;. The third-order valence-corrected chi connectivity index (χ3v) is 2.27. The first-order valence-electron chi connectivity index (χ1n) is 4.01. The van der Waals surface area contributed by atoms with Crippen molar-refractivity contribution >= 4 is 27.9 Å². The maximum atomic E-state index is 12.5. The summed E-state index contributed by atoms with van der Waals surface area (Å²) in [5.74, 6) is -18.6. The molecule has 10 heteroatoms. The molecule has 0 aromatic heterocycles. The molecule has 0 fully saturated rings. The van der Waals surface area contributed by atoms with Crippen LogP contribution < -0.4 is 0 Å². The van der Waals surface area contributed by atoms with Crippen molar-refractivity contribution in [2.45, 2.75) is 34.0 Å². The van der Waals surface area contributed by atoms with Crippen molar-refractivity contribution in [1.82, 2.24) is 0 Å². The Morgan fingerprint density at radius 3 is 1.31 bits per heavy atom. The number of hydrogen-bond acceptors (Lipinski definition) is 0. The van der Waals surface area contributed by atoms with E-state index in [2.05, 4.69) is 0 Å². The summed E-state index contributed by atoms with van der Waals surface area (Å²) in [4.78, 5) is 0. The molecule has 92 valence electrons. The van der Waals surface area contributed by atoms with Gasteiger partial charge in [-0.2, -0.15) is 0 Å². The molecule has 0 saturated carbocycles. The van der Waals surface area contributed by atoms with Crippen LogP contribution in [0.3, 0.4) is 0 Å². The Bertz CT molecular complexity index is 243. The second-order valence-corrected chi connectivity index (χ2v) is 4.10. The van der Waals surface area contributed by atoms with Gasteiger partial charge in [-0.3, -0.25) is 0 Å². The fraction of sp³-hybridized carbons (Fsp3) is 1.00. The molecule has 0 saturated heterocycles. The molecule has 0 rings (SSSR count). The van der Waals surface area contributed by atoms with E-state index in [1.165, 1.54) is 0 Å². The fourth-order valence-corrected chi connectivity index (χ4v) is 1.51. The molecule has 0 amide bonds. The number of rotatable bonds is 4. The van der Waals surface area contributed by atoms with Gasteiger partial charge in [-0.1, -0.05) is 0 Å². The molecule has 0 aliphatic rings. The van der Waals surface area contributed by atoms with Crippen LogP contribution in [0.1, 0.15) is 6.42 Å². The summed E-state index contributed by atoms with van der Waals surface area (Å²) in [7, 11) is 0. The van der Waals surface area contributed by atoms with Crippen molar-refractivity contribution in [3.05, 3.63) is 0 Å². The normalized spacial score (nSPS) is 15.4. The molecular formula is C6H4F9Na. The van der Waals surface area contributed by atoms with Gasteiger partial charge in [0.15, 0.2) is 0 Å². The summed E-state index contributed by atoms with van der Waals surface area (Å²) in [6, 6.07) is 0. The van der Waals surface area contributed by atoms with E-state index in [9.17, 15) is 39.5 Å². The van der Waals surface area contributed by atoms with Crippen LogP contribution in [0, 0.1) is 0 Å². The van der Waals surface area contributed by atoms with Gasteiger partial charge in [-0.05, 0) is 0 Å². The topological polar surface area (TPSA) is 0 Å². The zero-order valence-electron chi connectivity index (χ0n) is 7.82. The summed E-state index contributed by atoms with van der Waals surface area (Å²) >= 11 is -0.00982. The first-order valence-corrected chi connectivity index (χ1v) is 5.43. The number of halogens is 9. The van der Waals surface area contributed by atoms with Crippen molar-refractivity contribution in [2.24, 2.45) is 0 Å². The van der Waals surface area contributed by atoms with Gasteiger partial charge in [0.1, 0.15) is 0 Å². The molecule has 0 aromatic rings. The van der Waals surface area contributed by atoms with Crippen molar-refractivity contribution < 1.29 is 39.5 Å². The maximum absolute atomic E-state index is 12.5. The molecule has 0 aliphatic heterocycles. The summed E-state index contributed by atoms with van der Waals surface area (Å²) in [6.45, 7) is 0. The minimum atomic E-state index is -6.75. The van der Waals surface area contributed by atoms with Gasteiger partial charge >= 0.3 is 101 Å². The Morgan fingerprint density at radius 2 is 1.06 bits per heavy atom. The zero-order valence-corrected chi connectivity index (χ0v) is 9.82. The predicted molar refractivity (Wildman–Crippen MR) is 36.1 cm³/mol. The van der Waals surface area contributed by atoms with Crippen molar-refractivity contribution in [1.29, 1.82) is 0 Å². The molecule has 0 heterocycles. The van der Waals surface area contributed by atoms with E-state index in [1.54, 1.807) is 0 Å². The molecule has 0 aliphatic carbocycles. The third kappa shape index (κ3) is 2.61. The molecule has 0 aromatic carbocycles. The molecule has 0 bridgehead atoms. The second-order valence-electron chi connectivity index (χ2n) is 3.10. The Balaban J connectivity index is 5.34. The van der Waals surface area contributed by atoms with Gasteiger partial charge in [0.25, 0.3) is 0 Å². The van der Waals surface area contributed by atoms with E-state index in [-0.39, 0.29) is 27.9 Å². The van der Waals surface area contributed by atoms with Crippen LogP contribution in [0.15, 0.2) is 0 Å². The Labute approximate surface area is 102 Å². The fourth-order valence-electron chi connectivity index (χ4n) is 0.879. The molecule has 16 heavy (non-hydrogen) atoms. The van der Waals surface area contributed by atoms with E-state index in [0.717, 1.165) is 0 Å². The van der Waals surface area contributed by atoms with E-state index in [0.29, 0.717) is 0 Å². The van der Waals surface area contributed by atoms with Crippen LogP contribution in [0.4, 0.5) is 39.5 Å². The number of hydrogen-bond donors (Lipinski definition) is 0. The van der Waals surface area contributed by atoms with E-state index >= 15 is 0 Å². The van der Waals surface area contributed by atoms with Crippen LogP contribution in [-0.4, -0.2) is 51.9 Å². The molecule has 0 spiro atoms. The molecule has 0 atom stereocenters. The molecular weight excluding hydrogens is 266 g/mol. The van der Waals surface area contributed by atoms with Gasteiger partial charge in [-0.15, -0.1) is 0 Å². The van der Waals surface area contributed by atoms with E-state index in [4.69, 9.17) is 0 Å². The van der Waals surface area contributed by atoms with Crippen molar-refractivity contribution in [3.63, 3.8) is 0 Å². The zero-order chi connectivity index (χ0) is 13.4. The third-order valence-electron chi connectivity index (χ3n) is 1.77. The first kappa shape index (κ1) is 16.4. The van der Waals surface area contributed by atoms with Crippen molar-refractivity contribution in [3.8, 4) is 0 Å². The quantitative estimate of drug-likeness (QED) is 0.542. The average molecular weight is 270 g/mol. The molecule has 0 nitrogen and oxygen atoms in total. The molecule has 0 radical (unpaired) electrons. The minimum absolute atomic E-state index is 0.00982.